The third kappa shape index (κ3) is 4.91. The van der Waals surface area contributed by atoms with Crippen LogP contribution in [0.15, 0.2) is 30.3 Å². The predicted molar refractivity (Wildman–Crippen MR) is 96.3 cm³/mol. The van der Waals surface area contributed by atoms with Crippen LogP contribution in [0.2, 0.25) is 0 Å². The topological polar surface area (TPSA) is 100 Å². The number of aromatic nitrogens is 3. The van der Waals surface area contributed by atoms with Crippen molar-refractivity contribution in [2.45, 2.75) is 19.1 Å². The van der Waals surface area contributed by atoms with Gasteiger partial charge in [0.25, 0.3) is 5.91 Å². The Labute approximate surface area is 164 Å². The van der Waals surface area contributed by atoms with Gasteiger partial charge in [-0.1, -0.05) is 18.2 Å². The minimum atomic E-state index is -5.08. The molecule has 2 unspecified atom stereocenters. The SMILES string of the molecule is CN1CC2Cc3nnc(C(=O)Nc4ccccc4)n3CC2C1.O=C(O)C(F)(F)F. The van der Waals surface area contributed by atoms with Gasteiger partial charge in [-0.25, -0.2) is 4.79 Å². The Bertz CT molecular complexity index is 885. The molecule has 8 nitrogen and oxygen atoms in total. The van der Waals surface area contributed by atoms with Crippen molar-refractivity contribution in [3.8, 4) is 0 Å². The van der Waals surface area contributed by atoms with Gasteiger partial charge in [-0.05, 0) is 31.0 Å². The average Bonchev–Trinajstić information content (AvgIpc) is 3.21. The molecule has 1 amide bonds. The number of nitrogens with zero attached hydrogens (tertiary/aromatic N) is 4. The number of halogens is 3. The summed E-state index contributed by atoms with van der Waals surface area (Å²) >= 11 is 0. The molecule has 1 aromatic carbocycles. The molecule has 2 aliphatic heterocycles. The molecule has 4 rings (SSSR count). The van der Waals surface area contributed by atoms with Crippen LogP contribution in [-0.2, 0) is 17.8 Å². The zero-order valence-electron chi connectivity index (χ0n) is 15.6. The fourth-order valence-corrected chi connectivity index (χ4v) is 3.64. The molecule has 0 saturated carbocycles. The number of alkyl halides is 3. The highest BCUT2D eigenvalue weighted by Gasteiger charge is 2.38. The molecule has 2 aromatic rings. The van der Waals surface area contributed by atoms with Crippen LogP contribution >= 0.6 is 0 Å². The third-order valence-electron chi connectivity index (χ3n) is 4.93. The number of para-hydroxylation sites is 1. The minimum absolute atomic E-state index is 0.185. The molecule has 0 radical (unpaired) electrons. The quantitative estimate of drug-likeness (QED) is 0.783. The second-order valence-corrected chi connectivity index (χ2v) is 7.12. The lowest BCUT2D eigenvalue weighted by Crippen LogP contribution is -2.31. The summed E-state index contributed by atoms with van der Waals surface area (Å²) in [6.45, 7) is 3.04. The molecule has 0 aliphatic carbocycles. The van der Waals surface area contributed by atoms with Crippen molar-refractivity contribution >= 4 is 17.6 Å². The number of carbonyl (C=O) groups is 2. The maximum atomic E-state index is 12.5. The maximum absolute atomic E-state index is 12.5. The number of carboxylic acid groups (broad SMARTS) is 1. The maximum Gasteiger partial charge on any atom is 0.490 e. The number of likely N-dealkylation sites (tertiary alicyclic amines) is 1. The lowest BCUT2D eigenvalue weighted by molar-refractivity contribution is -0.192. The highest BCUT2D eigenvalue weighted by molar-refractivity contribution is 6.01. The molecule has 2 atom stereocenters. The zero-order valence-corrected chi connectivity index (χ0v) is 15.6. The molecule has 11 heteroatoms. The lowest BCUT2D eigenvalue weighted by atomic mass is 9.89. The number of amides is 1. The van der Waals surface area contributed by atoms with Crippen molar-refractivity contribution in [3.05, 3.63) is 42.0 Å². The van der Waals surface area contributed by atoms with Gasteiger partial charge in [-0.15, -0.1) is 10.2 Å². The number of anilines is 1. The zero-order chi connectivity index (χ0) is 21.2. The fraction of sp³-hybridized carbons (Fsp3) is 0.444. The van der Waals surface area contributed by atoms with E-state index in [9.17, 15) is 18.0 Å². The first kappa shape index (κ1) is 20.8. The molecular formula is C18H20F3N5O3. The standard InChI is InChI=1S/C16H19N5O.C2HF3O2/c1-20-8-11-7-14-18-19-15(21(14)10-12(11)9-20)16(22)17-13-5-3-2-4-6-13;3-2(4,5)1(6)7/h2-6,11-12H,7-10H2,1H3,(H,17,22);(H,6,7). The highest BCUT2D eigenvalue weighted by atomic mass is 19.4. The molecule has 2 N–H and O–H groups in total. The van der Waals surface area contributed by atoms with Gasteiger partial charge in [-0.3, -0.25) is 4.79 Å². The normalized spacial score (nSPS) is 20.8. The first-order valence-electron chi connectivity index (χ1n) is 8.92. The summed E-state index contributed by atoms with van der Waals surface area (Å²) in [6.07, 6.45) is -4.17. The molecule has 3 heterocycles. The molecule has 2 aliphatic rings. The Balaban J connectivity index is 0.000000298. The van der Waals surface area contributed by atoms with Gasteiger partial charge in [-0.2, -0.15) is 13.2 Å². The number of hydrogen-bond donors (Lipinski definition) is 2. The number of aliphatic carboxylic acids is 1. The van der Waals surface area contributed by atoms with Crippen molar-refractivity contribution in [2.75, 3.05) is 25.5 Å². The Morgan fingerprint density at radius 3 is 2.34 bits per heavy atom. The van der Waals surface area contributed by atoms with Crippen LogP contribution in [0, 0.1) is 11.8 Å². The van der Waals surface area contributed by atoms with Crippen LogP contribution in [0.4, 0.5) is 18.9 Å². The first-order chi connectivity index (χ1) is 13.6. The fourth-order valence-electron chi connectivity index (χ4n) is 3.64. The smallest absolute Gasteiger partial charge is 0.475 e. The van der Waals surface area contributed by atoms with E-state index in [4.69, 9.17) is 9.90 Å². The Morgan fingerprint density at radius 2 is 1.72 bits per heavy atom. The Hall–Kier alpha value is -2.95. The van der Waals surface area contributed by atoms with E-state index in [1.54, 1.807) is 0 Å². The highest BCUT2D eigenvalue weighted by Crippen LogP contribution is 2.31. The van der Waals surface area contributed by atoms with Crippen LogP contribution in [0.25, 0.3) is 0 Å². The largest absolute Gasteiger partial charge is 0.490 e. The van der Waals surface area contributed by atoms with E-state index in [-0.39, 0.29) is 5.91 Å². The van der Waals surface area contributed by atoms with Crippen molar-refractivity contribution in [2.24, 2.45) is 11.8 Å². The molecular weight excluding hydrogens is 391 g/mol. The summed E-state index contributed by atoms with van der Waals surface area (Å²) < 4.78 is 33.7. The summed E-state index contributed by atoms with van der Waals surface area (Å²) in [5.41, 5.74) is 0.777. The van der Waals surface area contributed by atoms with Crippen molar-refractivity contribution in [1.29, 1.82) is 0 Å². The summed E-state index contributed by atoms with van der Waals surface area (Å²) in [5, 5.41) is 18.4. The van der Waals surface area contributed by atoms with Gasteiger partial charge in [0.1, 0.15) is 5.82 Å². The van der Waals surface area contributed by atoms with E-state index in [1.807, 2.05) is 34.9 Å². The molecule has 29 heavy (non-hydrogen) atoms. The van der Waals surface area contributed by atoms with Gasteiger partial charge in [0.15, 0.2) is 0 Å². The number of rotatable bonds is 2. The number of hydrogen-bond acceptors (Lipinski definition) is 5. The second kappa shape index (κ2) is 8.19. The second-order valence-electron chi connectivity index (χ2n) is 7.12. The monoisotopic (exact) mass is 411 g/mol. The van der Waals surface area contributed by atoms with Crippen molar-refractivity contribution in [3.63, 3.8) is 0 Å². The number of nitrogens with one attached hydrogen (secondary N) is 1. The molecule has 1 fully saturated rings. The van der Waals surface area contributed by atoms with Gasteiger partial charge < -0.3 is 19.9 Å². The molecule has 156 valence electrons. The van der Waals surface area contributed by atoms with Crippen molar-refractivity contribution in [1.82, 2.24) is 19.7 Å². The lowest BCUT2D eigenvalue weighted by Gasteiger charge is -2.25. The summed E-state index contributed by atoms with van der Waals surface area (Å²) in [7, 11) is 2.16. The van der Waals surface area contributed by atoms with E-state index >= 15 is 0 Å². The molecule has 1 saturated heterocycles. The van der Waals surface area contributed by atoms with Gasteiger partial charge in [0.2, 0.25) is 5.82 Å². The predicted octanol–water partition coefficient (Wildman–Crippen LogP) is 1.90. The van der Waals surface area contributed by atoms with E-state index in [0.29, 0.717) is 17.7 Å². The van der Waals surface area contributed by atoms with Gasteiger partial charge in [0, 0.05) is 31.7 Å². The van der Waals surface area contributed by atoms with Crippen LogP contribution < -0.4 is 5.32 Å². The first-order valence-corrected chi connectivity index (χ1v) is 8.92. The van der Waals surface area contributed by atoms with Crippen LogP contribution in [0.5, 0.6) is 0 Å². The number of fused-ring (bicyclic) bond motifs is 2. The van der Waals surface area contributed by atoms with Gasteiger partial charge in [0.05, 0.1) is 0 Å². The van der Waals surface area contributed by atoms with Crippen LogP contribution in [0.3, 0.4) is 0 Å². The van der Waals surface area contributed by atoms with E-state index < -0.39 is 12.1 Å². The van der Waals surface area contributed by atoms with Crippen LogP contribution in [-0.4, -0.2) is 63.0 Å². The van der Waals surface area contributed by atoms with Crippen LogP contribution in [0.1, 0.15) is 16.4 Å². The summed E-state index contributed by atoms with van der Waals surface area (Å²) in [5.74, 6) is -0.340. The molecule has 0 spiro atoms. The van der Waals surface area contributed by atoms with E-state index in [1.165, 1.54) is 0 Å². The number of benzene rings is 1. The Kier molecular flexibility index (Phi) is 5.87. The summed E-state index contributed by atoms with van der Waals surface area (Å²) in [4.78, 5) is 23.7. The minimum Gasteiger partial charge on any atom is -0.475 e. The number of carbonyl (C=O) groups excluding carboxylic acids is 1. The van der Waals surface area contributed by atoms with Crippen molar-refractivity contribution < 1.29 is 27.9 Å². The Morgan fingerprint density at radius 1 is 1.10 bits per heavy atom. The molecule has 1 aromatic heterocycles. The van der Waals surface area contributed by atoms with Gasteiger partial charge >= 0.3 is 12.1 Å². The summed E-state index contributed by atoms with van der Waals surface area (Å²) in [6, 6.07) is 9.45. The average molecular weight is 411 g/mol. The number of carboxylic acids is 1. The van der Waals surface area contributed by atoms with E-state index in [2.05, 4.69) is 27.5 Å². The molecule has 0 bridgehead atoms. The third-order valence-corrected chi connectivity index (χ3v) is 4.93. The van der Waals surface area contributed by atoms with E-state index in [0.717, 1.165) is 37.6 Å².